The maximum absolute atomic E-state index is 12.4. The largest absolute Gasteiger partial charge is 0.506 e. The quantitative estimate of drug-likeness (QED) is 0.603. The zero-order chi connectivity index (χ0) is 24.3. The molecule has 1 amide bonds. The number of rotatable bonds is 2. The van der Waals surface area contributed by atoms with Gasteiger partial charge in [0.25, 0.3) is 0 Å². The van der Waals surface area contributed by atoms with Crippen molar-refractivity contribution in [1.82, 2.24) is 24.3 Å². The van der Waals surface area contributed by atoms with Crippen molar-refractivity contribution in [2.24, 2.45) is 5.41 Å². The molecule has 1 aliphatic heterocycles. The number of hydrogen-bond acceptors (Lipinski definition) is 6. The van der Waals surface area contributed by atoms with Crippen LogP contribution in [0.4, 0.5) is 4.79 Å². The number of fused-ring (bicyclic) bond motifs is 1. The van der Waals surface area contributed by atoms with E-state index >= 15 is 0 Å². The summed E-state index contributed by atoms with van der Waals surface area (Å²) in [5.41, 5.74) is 3.33. The van der Waals surface area contributed by atoms with E-state index in [9.17, 15) is 15.2 Å². The molecule has 0 bridgehead atoms. The van der Waals surface area contributed by atoms with Crippen LogP contribution in [0.25, 0.3) is 16.6 Å². The van der Waals surface area contributed by atoms with Crippen LogP contribution in [0.2, 0.25) is 0 Å². The fourth-order valence-electron chi connectivity index (χ4n) is 5.42. The third-order valence-electron chi connectivity index (χ3n) is 7.23. The van der Waals surface area contributed by atoms with E-state index in [1.165, 1.54) is 10.7 Å². The molecule has 1 spiro atoms. The molecule has 9 heteroatoms. The van der Waals surface area contributed by atoms with Gasteiger partial charge in [0, 0.05) is 36.1 Å². The molecular weight excluding hydrogens is 432 g/mol. The van der Waals surface area contributed by atoms with E-state index < -0.39 is 5.60 Å². The Balaban J connectivity index is 1.27. The third kappa shape index (κ3) is 3.77. The summed E-state index contributed by atoms with van der Waals surface area (Å²) in [5.74, 6) is 0.0260. The molecule has 0 aromatic carbocycles. The number of likely N-dealkylation sites (tertiary alicyclic amines) is 1. The van der Waals surface area contributed by atoms with Gasteiger partial charge in [-0.15, -0.1) is 0 Å². The number of aromatic hydroxyl groups is 1. The molecular formula is C25H30N6O3. The second-order valence-corrected chi connectivity index (χ2v) is 10.7. The minimum absolute atomic E-state index is 0.0260. The SMILES string of the molecule is Cc1c(-c2cc(O)c3c(C#N)cnn3c2)cnn1C1CC2(CCN(C(=O)OC(C)(C)C)CC2)C1. The van der Waals surface area contributed by atoms with Crippen molar-refractivity contribution < 1.29 is 14.6 Å². The van der Waals surface area contributed by atoms with E-state index in [0.717, 1.165) is 55.6 Å². The molecule has 34 heavy (non-hydrogen) atoms. The Bertz CT molecular complexity index is 1290. The molecule has 0 unspecified atom stereocenters. The number of aromatic nitrogens is 4. The monoisotopic (exact) mass is 462 g/mol. The number of ether oxygens (including phenoxy) is 1. The molecule has 3 aromatic heterocycles. The fourth-order valence-corrected chi connectivity index (χ4v) is 5.42. The highest BCUT2D eigenvalue weighted by Crippen LogP contribution is 2.55. The highest BCUT2D eigenvalue weighted by molar-refractivity contribution is 5.75. The molecule has 5 rings (SSSR count). The van der Waals surface area contributed by atoms with Crippen molar-refractivity contribution in [1.29, 1.82) is 5.26 Å². The third-order valence-corrected chi connectivity index (χ3v) is 7.23. The average molecular weight is 463 g/mol. The van der Waals surface area contributed by atoms with Crippen molar-refractivity contribution in [3.8, 4) is 22.9 Å². The molecule has 1 N–H and O–H groups in total. The van der Waals surface area contributed by atoms with E-state index in [1.807, 2.05) is 45.0 Å². The lowest BCUT2D eigenvalue weighted by Crippen LogP contribution is -2.50. The van der Waals surface area contributed by atoms with Crippen LogP contribution in [-0.4, -0.2) is 54.2 Å². The number of nitriles is 1. The summed E-state index contributed by atoms with van der Waals surface area (Å²) >= 11 is 0. The number of pyridine rings is 1. The van der Waals surface area contributed by atoms with E-state index in [0.29, 0.717) is 17.1 Å². The molecule has 9 nitrogen and oxygen atoms in total. The highest BCUT2D eigenvalue weighted by Gasteiger charge is 2.48. The van der Waals surface area contributed by atoms with Crippen molar-refractivity contribution in [2.75, 3.05) is 13.1 Å². The number of amides is 1. The topological polar surface area (TPSA) is 109 Å². The van der Waals surface area contributed by atoms with E-state index in [2.05, 4.69) is 20.9 Å². The van der Waals surface area contributed by atoms with E-state index in [-0.39, 0.29) is 17.3 Å². The normalized spacial score (nSPS) is 18.1. The van der Waals surface area contributed by atoms with Crippen LogP contribution in [0.5, 0.6) is 5.75 Å². The summed E-state index contributed by atoms with van der Waals surface area (Å²) in [7, 11) is 0. The van der Waals surface area contributed by atoms with Crippen LogP contribution in [0.1, 0.15) is 63.8 Å². The zero-order valence-corrected chi connectivity index (χ0v) is 20.1. The van der Waals surface area contributed by atoms with Gasteiger partial charge in [0.1, 0.15) is 28.5 Å². The number of nitrogens with zero attached hydrogens (tertiary/aromatic N) is 6. The van der Waals surface area contributed by atoms with Crippen LogP contribution < -0.4 is 0 Å². The van der Waals surface area contributed by atoms with Crippen LogP contribution in [0.15, 0.2) is 24.7 Å². The van der Waals surface area contributed by atoms with E-state index in [4.69, 9.17) is 4.74 Å². The highest BCUT2D eigenvalue weighted by atomic mass is 16.6. The second-order valence-electron chi connectivity index (χ2n) is 10.7. The molecule has 1 saturated carbocycles. The van der Waals surface area contributed by atoms with Crippen molar-refractivity contribution in [3.05, 3.63) is 35.9 Å². The predicted octanol–water partition coefficient (Wildman–Crippen LogP) is 4.44. The second kappa shape index (κ2) is 7.76. The fraction of sp³-hybridized carbons (Fsp3) is 0.520. The minimum Gasteiger partial charge on any atom is -0.506 e. The smallest absolute Gasteiger partial charge is 0.410 e. The first-order valence-electron chi connectivity index (χ1n) is 11.7. The molecule has 4 heterocycles. The zero-order valence-electron chi connectivity index (χ0n) is 20.1. The molecule has 2 fully saturated rings. The van der Waals surface area contributed by atoms with Gasteiger partial charge >= 0.3 is 6.09 Å². The maximum Gasteiger partial charge on any atom is 0.410 e. The summed E-state index contributed by atoms with van der Waals surface area (Å²) < 4.78 is 9.15. The summed E-state index contributed by atoms with van der Waals surface area (Å²) in [5, 5.41) is 28.6. The van der Waals surface area contributed by atoms with Crippen molar-refractivity contribution in [3.63, 3.8) is 0 Å². The van der Waals surface area contributed by atoms with Gasteiger partial charge in [0.2, 0.25) is 0 Å². The van der Waals surface area contributed by atoms with Gasteiger partial charge in [0.05, 0.1) is 18.4 Å². The maximum atomic E-state index is 12.4. The predicted molar refractivity (Wildman–Crippen MR) is 125 cm³/mol. The first-order valence-corrected chi connectivity index (χ1v) is 11.7. The summed E-state index contributed by atoms with van der Waals surface area (Å²) in [6.07, 6.45) is 8.96. The van der Waals surface area contributed by atoms with Crippen LogP contribution in [0.3, 0.4) is 0 Å². The Morgan fingerprint density at radius 1 is 1.24 bits per heavy atom. The van der Waals surface area contributed by atoms with Gasteiger partial charge in [-0.3, -0.25) is 4.68 Å². The minimum atomic E-state index is -0.472. The van der Waals surface area contributed by atoms with Gasteiger partial charge in [0.15, 0.2) is 0 Å². The molecule has 0 radical (unpaired) electrons. The van der Waals surface area contributed by atoms with Crippen molar-refractivity contribution >= 4 is 11.6 Å². The van der Waals surface area contributed by atoms with Crippen LogP contribution in [0, 0.1) is 23.7 Å². The molecule has 1 saturated heterocycles. The number of carbonyl (C=O) groups excluding carboxylic acids is 1. The lowest BCUT2D eigenvalue weighted by atomic mass is 9.60. The number of hydrogen-bond donors (Lipinski definition) is 1. The molecule has 2 aliphatic rings. The molecule has 178 valence electrons. The first-order chi connectivity index (χ1) is 16.1. The number of carbonyl (C=O) groups is 1. The van der Waals surface area contributed by atoms with Gasteiger partial charge in [-0.2, -0.15) is 15.5 Å². The number of piperidine rings is 1. The molecule has 0 atom stereocenters. The van der Waals surface area contributed by atoms with Gasteiger partial charge < -0.3 is 14.7 Å². The Labute approximate surface area is 198 Å². The standard InChI is InChI=1S/C25H30N6O3/c1-16-20(17-9-21(32)22-18(12-26)13-27-30(22)15-17)14-28-31(16)19-10-25(11-19)5-7-29(8-6-25)23(33)34-24(2,3)4/h9,13-15,19,32H,5-8,10-11H2,1-4H3. The molecule has 3 aromatic rings. The average Bonchev–Trinajstić information content (AvgIpc) is 3.34. The van der Waals surface area contributed by atoms with E-state index in [1.54, 1.807) is 6.07 Å². The summed E-state index contributed by atoms with van der Waals surface area (Å²) in [6.45, 7) is 9.20. The van der Waals surface area contributed by atoms with Gasteiger partial charge in [-0.1, -0.05) is 0 Å². The Morgan fingerprint density at radius 2 is 1.94 bits per heavy atom. The van der Waals surface area contributed by atoms with Gasteiger partial charge in [-0.25, -0.2) is 9.31 Å². The summed E-state index contributed by atoms with van der Waals surface area (Å²) in [4.78, 5) is 14.2. The summed E-state index contributed by atoms with van der Waals surface area (Å²) in [6, 6.07) is 4.05. The Hall–Kier alpha value is -3.54. The lowest BCUT2D eigenvalue weighted by molar-refractivity contribution is -0.0262. The Morgan fingerprint density at radius 3 is 2.59 bits per heavy atom. The lowest BCUT2D eigenvalue weighted by Gasteiger charge is -2.52. The van der Waals surface area contributed by atoms with Crippen molar-refractivity contribution in [2.45, 2.75) is 65.0 Å². The van der Waals surface area contributed by atoms with Gasteiger partial charge in [-0.05, 0) is 64.9 Å². The Kier molecular flexibility index (Phi) is 5.08. The van der Waals surface area contributed by atoms with Crippen LogP contribution in [-0.2, 0) is 4.74 Å². The van der Waals surface area contributed by atoms with Crippen LogP contribution >= 0.6 is 0 Å². The molecule has 1 aliphatic carbocycles. The first kappa shape index (κ1) is 22.3.